The van der Waals surface area contributed by atoms with Crippen molar-refractivity contribution >= 4 is 35.1 Å². The zero-order valence-electron chi connectivity index (χ0n) is 26.3. The summed E-state index contributed by atoms with van der Waals surface area (Å²) in [4.78, 5) is 43.8. The second-order valence-electron chi connectivity index (χ2n) is 12.6. The van der Waals surface area contributed by atoms with Gasteiger partial charge in [0, 0.05) is 64.4 Å². The van der Waals surface area contributed by atoms with Crippen molar-refractivity contribution in [1.82, 2.24) is 40.2 Å². The van der Waals surface area contributed by atoms with E-state index in [4.69, 9.17) is 11.6 Å². The van der Waals surface area contributed by atoms with Gasteiger partial charge in [0.1, 0.15) is 11.7 Å². The van der Waals surface area contributed by atoms with Gasteiger partial charge in [-0.15, -0.1) is 0 Å². The number of likely N-dealkylation sites (tertiary alicyclic amines) is 1. The van der Waals surface area contributed by atoms with Crippen molar-refractivity contribution in [3.8, 4) is 11.3 Å². The van der Waals surface area contributed by atoms with Crippen LogP contribution in [0.25, 0.3) is 11.3 Å². The van der Waals surface area contributed by atoms with E-state index in [9.17, 15) is 41.4 Å². The number of halogens is 7. The number of urea groups is 1. The summed E-state index contributed by atoms with van der Waals surface area (Å²) in [5, 5.41) is 23.7. The molecule has 3 unspecified atom stereocenters. The molecule has 4 amide bonds. The summed E-state index contributed by atoms with van der Waals surface area (Å²) >= 11 is 6.38. The Morgan fingerprint density at radius 2 is 1.84 bits per heavy atom. The van der Waals surface area contributed by atoms with Crippen LogP contribution in [0.5, 0.6) is 0 Å². The summed E-state index contributed by atoms with van der Waals surface area (Å²) in [5.41, 5.74) is -3.66. The van der Waals surface area contributed by atoms with Crippen LogP contribution in [-0.4, -0.2) is 104 Å². The van der Waals surface area contributed by atoms with Gasteiger partial charge < -0.3 is 35.8 Å². The van der Waals surface area contributed by atoms with Gasteiger partial charge in [0.2, 0.25) is 0 Å². The minimum atomic E-state index is -4.97. The monoisotopic (exact) mass is 731 g/mol. The smallest absolute Gasteiger partial charge is 0.390 e. The van der Waals surface area contributed by atoms with Crippen LogP contribution in [0, 0.1) is 0 Å². The van der Waals surface area contributed by atoms with Crippen LogP contribution in [0.2, 0.25) is 5.02 Å². The lowest BCUT2D eigenvalue weighted by Gasteiger charge is -2.36. The minimum absolute atomic E-state index is 0.0357. The maximum absolute atomic E-state index is 15.4. The first-order chi connectivity index (χ1) is 23.5. The molecule has 1 aromatic carbocycles. The third kappa shape index (κ3) is 7.25. The number of aliphatic hydroxyl groups is 1. The summed E-state index contributed by atoms with van der Waals surface area (Å²) < 4.78 is 85.5. The third-order valence-corrected chi connectivity index (χ3v) is 9.36. The molecule has 13 nitrogen and oxygen atoms in total. The lowest BCUT2D eigenvalue weighted by Crippen LogP contribution is -2.53. The van der Waals surface area contributed by atoms with E-state index in [2.05, 4.69) is 31.3 Å². The number of β-amino-alcohol motifs (C(OH)–C–C–N with tert-alkyl or cyclic N) is 1. The van der Waals surface area contributed by atoms with Crippen molar-refractivity contribution in [2.75, 3.05) is 38.0 Å². The van der Waals surface area contributed by atoms with Crippen molar-refractivity contribution in [2.24, 2.45) is 7.05 Å². The summed E-state index contributed by atoms with van der Waals surface area (Å²) in [6, 6.07) is 1.44. The molecule has 0 radical (unpaired) electrons. The first-order valence-corrected chi connectivity index (χ1v) is 15.9. The number of rotatable bonds is 8. The molecule has 50 heavy (non-hydrogen) atoms. The molecule has 20 heteroatoms. The van der Waals surface area contributed by atoms with Crippen LogP contribution in [0.4, 0.5) is 36.8 Å². The molecule has 3 atom stereocenters. The van der Waals surface area contributed by atoms with Gasteiger partial charge in [-0.2, -0.15) is 18.3 Å². The number of nitrogens with zero attached hydrogens (tertiary/aromatic N) is 5. The van der Waals surface area contributed by atoms with E-state index in [-0.39, 0.29) is 60.3 Å². The molecule has 1 aliphatic carbocycles. The van der Waals surface area contributed by atoms with E-state index in [0.29, 0.717) is 17.8 Å². The Balaban J connectivity index is 1.06. The predicted molar refractivity (Wildman–Crippen MR) is 166 cm³/mol. The van der Waals surface area contributed by atoms with Gasteiger partial charge >= 0.3 is 12.2 Å². The standard InChI is InChI=1S/C30H32ClF6N9O4/c1-44-20(17-13-46(22-9-29(22,33)34)43-23(17)30(35,36)37)11-39-24(44)25(48)41-15-2-3-16(18(31)8-15)26(49)45-6-4-28(32,5-7-45)14-40-27(50)42-19-10-38-12-21(19)47/h2-3,8,11,13,19,21-22,38,47H,4-7,9-10,12,14H2,1H3,(H,41,48)(H2,40,42,50). The molecule has 3 aromatic rings. The predicted octanol–water partition coefficient (Wildman–Crippen LogP) is 3.36. The molecule has 2 aromatic heterocycles. The molecule has 0 spiro atoms. The van der Waals surface area contributed by atoms with E-state index in [1.807, 2.05) is 0 Å². The highest BCUT2D eigenvalue weighted by molar-refractivity contribution is 6.34. The quantitative estimate of drug-likeness (QED) is 0.223. The molecule has 6 rings (SSSR count). The van der Waals surface area contributed by atoms with Crippen molar-refractivity contribution in [3.63, 3.8) is 0 Å². The molecule has 1 saturated carbocycles. The molecule has 5 N–H and O–H groups in total. The zero-order chi connectivity index (χ0) is 36.2. The van der Waals surface area contributed by atoms with E-state index in [1.54, 1.807) is 0 Å². The number of nitrogens with one attached hydrogen (secondary N) is 4. The van der Waals surface area contributed by atoms with Crippen LogP contribution < -0.4 is 21.3 Å². The number of carbonyl (C=O) groups excluding carboxylic acids is 3. The van der Waals surface area contributed by atoms with Gasteiger partial charge in [-0.25, -0.2) is 22.9 Å². The molecule has 3 fully saturated rings. The number of carbonyl (C=O) groups is 3. The van der Waals surface area contributed by atoms with Crippen LogP contribution in [0.3, 0.4) is 0 Å². The number of aliphatic hydroxyl groups excluding tert-OH is 1. The first-order valence-electron chi connectivity index (χ1n) is 15.5. The number of alkyl halides is 6. The summed E-state index contributed by atoms with van der Waals surface area (Å²) in [5.74, 6) is -4.80. The Morgan fingerprint density at radius 1 is 1.14 bits per heavy atom. The second kappa shape index (κ2) is 13.1. The highest BCUT2D eigenvalue weighted by atomic mass is 35.5. The second-order valence-corrected chi connectivity index (χ2v) is 13.0. The highest BCUT2D eigenvalue weighted by Gasteiger charge is 2.59. The number of imidazole rings is 1. The van der Waals surface area contributed by atoms with Crippen molar-refractivity contribution in [1.29, 1.82) is 0 Å². The average Bonchev–Trinajstić information content (AvgIpc) is 3.43. The fourth-order valence-corrected chi connectivity index (χ4v) is 6.25. The Morgan fingerprint density at radius 3 is 2.44 bits per heavy atom. The largest absolute Gasteiger partial charge is 0.435 e. The van der Waals surface area contributed by atoms with Crippen LogP contribution in [-0.2, 0) is 13.2 Å². The normalized spacial score (nSPS) is 22.7. The van der Waals surface area contributed by atoms with Crippen LogP contribution in [0.15, 0.2) is 30.6 Å². The Labute approximate surface area is 285 Å². The zero-order valence-corrected chi connectivity index (χ0v) is 27.1. The van der Waals surface area contributed by atoms with Gasteiger partial charge in [-0.3, -0.25) is 14.3 Å². The fraction of sp³-hybridized carbons (Fsp3) is 0.500. The summed E-state index contributed by atoms with van der Waals surface area (Å²) in [7, 11) is 1.28. The summed E-state index contributed by atoms with van der Waals surface area (Å²) in [6.45, 7) is 0.537. The number of anilines is 1. The van der Waals surface area contributed by atoms with Crippen molar-refractivity contribution < 1.29 is 45.8 Å². The molecule has 270 valence electrons. The fourth-order valence-electron chi connectivity index (χ4n) is 5.99. The molecule has 4 heterocycles. The van der Waals surface area contributed by atoms with Crippen LogP contribution >= 0.6 is 11.6 Å². The molecular formula is C30H32ClF6N9O4. The molecule has 2 saturated heterocycles. The highest BCUT2D eigenvalue weighted by Crippen LogP contribution is 2.53. The Hall–Kier alpha value is -4.36. The number of hydrogen-bond acceptors (Lipinski definition) is 7. The van der Waals surface area contributed by atoms with Gasteiger partial charge in [-0.05, 0) is 18.2 Å². The number of hydrogen-bond donors (Lipinski definition) is 5. The number of piperidine rings is 1. The maximum atomic E-state index is 15.4. The number of aromatic nitrogens is 4. The van der Waals surface area contributed by atoms with E-state index in [1.165, 1.54) is 30.1 Å². The Bertz CT molecular complexity index is 1810. The number of benzene rings is 1. The van der Waals surface area contributed by atoms with E-state index in [0.717, 1.165) is 17.0 Å². The number of amides is 4. The minimum Gasteiger partial charge on any atom is -0.390 e. The topological polar surface area (TPSA) is 158 Å². The van der Waals surface area contributed by atoms with E-state index < -0.39 is 71.5 Å². The van der Waals surface area contributed by atoms with Gasteiger partial charge in [0.15, 0.2) is 11.5 Å². The molecule has 0 bridgehead atoms. The maximum Gasteiger partial charge on any atom is 0.435 e. The van der Waals surface area contributed by atoms with E-state index >= 15 is 4.39 Å². The lowest BCUT2D eigenvalue weighted by molar-refractivity contribution is -0.141. The van der Waals surface area contributed by atoms with Crippen molar-refractivity contribution in [3.05, 3.63) is 52.7 Å². The first kappa shape index (κ1) is 35.5. The van der Waals surface area contributed by atoms with Gasteiger partial charge in [0.05, 0.1) is 46.7 Å². The average molecular weight is 732 g/mol. The van der Waals surface area contributed by atoms with Gasteiger partial charge in [0.25, 0.3) is 17.7 Å². The van der Waals surface area contributed by atoms with Crippen molar-refractivity contribution in [2.45, 2.75) is 55.2 Å². The Kier molecular flexibility index (Phi) is 9.27. The third-order valence-electron chi connectivity index (χ3n) is 9.05. The SMILES string of the molecule is Cn1c(-c2cn(C3CC3(F)F)nc2C(F)(F)F)cnc1C(=O)Nc1ccc(C(=O)N2CCC(F)(CNC(=O)NC3CNCC3O)CC2)c(Cl)c1. The van der Waals surface area contributed by atoms with Crippen LogP contribution in [0.1, 0.15) is 52.0 Å². The van der Waals surface area contributed by atoms with Gasteiger partial charge in [-0.1, -0.05) is 11.6 Å². The summed E-state index contributed by atoms with van der Waals surface area (Å²) in [6.07, 6.45) is -4.60. The molecule has 2 aliphatic heterocycles. The molecule has 3 aliphatic rings. The lowest BCUT2D eigenvalue weighted by atomic mass is 9.93. The molecular weight excluding hydrogens is 700 g/mol.